The normalized spacial score (nSPS) is 27.2. The van der Waals surface area contributed by atoms with Crippen LogP contribution in [-0.2, 0) is 0 Å². The number of nitrogens with two attached hydrogens (primary N) is 1. The predicted octanol–water partition coefficient (Wildman–Crippen LogP) is 1.95. The van der Waals surface area contributed by atoms with E-state index in [1.54, 1.807) is 6.07 Å². The molecular formula is C10H12FN. The Morgan fingerprint density at radius 2 is 2.17 bits per heavy atom. The molecule has 1 aromatic carbocycles. The fourth-order valence-electron chi connectivity index (χ4n) is 1.58. The molecule has 0 amide bonds. The van der Waals surface area contributed by atoms with Crippen LogP contribution in [-0.4, -0.2) is 6.04 Å². The van der Waals surface area contributed by atoms with Gasteiger partial charge in [-0.15, -0.1) is 0 Å². The molecule has 64 valence electrons. The quantitative estimate of drug-likeness (QED) is 0.676. The van der Waals surface area contributed by atoms with Gasteiger partial charge in [-0.25, -0.2) is 4.39 Å². The Balaban J connectivity index is 2.36. The van der Waals surface area contributed by atoms with E-state index >= 15 is 0 Å². The average molecular weight is 165 g/mol. The number of halogens is 1. The molecule has 0 aliphatic heterocycles. The monoisotopic (exact) mass is 165 g/mol. The van der Waals surface area contributed by atoms with Gasteiger partial charge < -0.3 is 5.73 Å². The van der Waals surface area contributed by atoms with Crippen molar-refractivity contribution in [2.45, 2.75) is 25.3 Å². The summed E-state index contributed by atoms with van der Waals surface area (Å²) in [5.41, 5.74) is 7.93. The molecule has 2 heteroatoms. The van der Waals surface area contributed by atoms with Crippen LogP contribution in [0.3, 0.4) is 0 Å². The first-order valence-electron chi connectivity index (χ1n) is 4.20. The largest absolute Gasteiger partial charge is 0.327 e. The Labute approximate surface area is 71.4 Å². The lowest BCUT2D eigenvalue weighted by Crippen LogP contribution is -2.02. The predicted molar refractivity (Wildman–Crippen MR) is 46.5 cm³/mol. The lowest BCUT2D eigenvalue weighted by Gasteiger charge is -2.03. The van der Waals surface area contributed by atoms with E-state index in [0.717, 1.165) is 17.5 Å². The van der Waals surface area contributed by atoms with E-state index in [1.165, 1.54) is 6.07 Å². The van der Waals surface area contributed by atoms with Gasteiger partial charge in [0, 0.05) is 12.0 Å². The summed E-state index contributed by atoms with van der Waals surface area (Å²) in [5.74, 6) is 0.246. The summed E-state index contributed by atoms with van der Waals surface area (Å²) in [7, 11) is 0. The molecule has 0 radical (unpaired) electrons. The molecule has 1 saturated carbocycles. The molecule has 0 bridgehead atoms. The van der Waals surface area contributed by atoms with Gasteiger partial charge in [0.2, 0.25) is 0 Å². The Bertz CT molecular complexity index is 309. The van der Waals surface area contributed by atoms with Crippen molar-refractivity contribution in [3.05, 3.63) is 35.1 Å². The second kappa shape index (κ2) is 2.56. The highest BCUT2D eigenvalue weighted by atomic mass is 19.1. The summed E-state index contributed by atoms with van der Waals surface area (Å²) >= 11 is 0. The SMILES string of the molecule is Cc1ccc(F)cc1[C@@H]1C[C@H]1N. The number of benzene rings is 1. The summed E-state index contributed by atoms with van der Waals surface area (Å²) in [6, 6.07) is 5.17. The van der Waals surface area contributed by atoms with Crippen molar-refractivity contribution in [2.75, 3.05) is 0 Å². The summed E-state index contributed by atoms with van der Waals surface area (Å²) in [6.45, 7) is 2.00. The zero-order valence-electron chi connectivity index (χ0n) is 7.05. The third kappa shape index (κ3) is 1.23. The summed E-state index contributed by atoms with van der Waals surface area (Å²) in [5, 5.41) is 0. The maximum absolute atomic E-state index is 12.8. The zero-order chi connectivity index (χ0) is 8.72. The van der Waals surface area contributed by atoms with Crippen LogP contribution in [0.4, 0.5) is 4.39 Å². The van der Waals surface area contributed by atoms with Gasteiger partial charge in [-0.1, -0.05) is 6.07 Å². The maximum atomic E-state index is 12.8. The van der Waals surface area contributed by atoms with E-state index in [2.05, 4.69) is 0 Å². The Morgan fingerprint density at radius 3 is 2.75 bits per heavy atom. The van der Waals surface area contributed by atoms with Crippen molar-refractivity contribution in [1.82, 2.24) is 0 Å². The van der Waals surface area contributed by atoms with Crippen LogP contribution in [0.1, 0.15) is 23.5 Å². The molecule has 2 atom stereocenters. The number of hydrogen-bond acceptors (Lipinski definition) is 1. The first kappa shape index (κ1) is 7.74. The third-order valence-corrected chi connectivity index (χ3v) is 2.48. The molecular weight excluding hydrogens is 153 g/mol. The highest BCUT2D eigenvalue weighted by molar-refractivity contribution is 5.35. The van der Waals surface area contributed by atoms with Crippen molar-refractivity contribution in [3.63, 3.8) is 0 Å². The zero-order valence-corrected chi connectivity index (χ0v) is 7.05. The minimum absolute atomic E-state index is 0.158. The highest BCUT2D eigenvalue weighted by Gasteiger charge is 2.35. The van der Waals surface area contributed by atoms with Crippen molar-refractivity contribution < 1.29 is 4.39 Å². The molecule has 1 aliphatic carbocycles. The number of aryl methyl sites for hydroxylation is 1. The van der Waals surface area contributed by atoms with Gasteiger partial charge in [0.1, 0.15) is 5.82 Å². The van der Waals surface area contributed by atoms with Crippen molar-refractivity contribution in [3.8, 4) is 0 Å². The van der Waals surface area contributed by atoms with Gasteiger partial charge >= 0.3 is 0 Å². The Hall–Kier alpha value is -0.890. The van der Waals surface area contributed by atoms with Gasteiger partial charge in [-0.2, -0.15) is 0 Å². The first-order valence-corrected chi connectivity index (χ1v) is 4.20. The molecule has 0 heterocycles. The summed E-state index contributed by atoms with van der Waals surface area (Å²) in [4.78, 5) is 0. The molecule has 2 N–H and O–H groups in total. The van der Waals surface area contributed by atoms with E-state index in [1.807, 2.05) is 13.0 Å². The molecule has 12 heavy (non-hydrogen) atoms. The fourth-order valence-corrected chi connectivity index (χ4v) is 1.58. The van der Waals surface area contributed by atoms with E-state index in [9.17, 15) is 4.39 Å². The van der Waals surface area contributed by atoms with Crippen LogP contribution in [0.5, 0.6) is 0 Å². The van der Waals surface area contributed by atoms with Crippen LogP contribution in [0.2, 0.25) is 0 Å². The van der Waals surface area contributed by atoms with E-state index in [4.69, 9.17) is 5.73 Å². The number of rotatable bonds is 1. The maximum Gasteiger partial charge on any atom is 0.123 e. The average Bonchev–Trinajstić information content (AvgIpc) is 2.73. The molecule has 0 spiro atoms. The van der Waals surface area contributed by atoms with Crippen molar-refractivity contribution in [2.24, 2.45) is 5.73 Å². The van der Waals surface area contributed by atoms with Gasteiger partial charge in [-0.05, 0) is 36.6 Å². The van der Waals surface area contributed by atoms with Gasteiger partial charge in [0.15, 0.2) is 0 Å². The summed E-state index contributed by atoms with van der Waals surface area (Å²) in [6.07, 6.45) is 1.00. The molecule has 0 aromatic heterocycles. The lowest BCUT2D eigenvalue weighted by molar-refractivity contribution is 0.624. The second-order valence-electron chi connectivity index (χ2n) is 3.51. The molecule has 0 saturated heterocycles. The van der Waals surface area contributed by atoms with Gasteiger partial charge in [0.25, 0.3) is 0 Å². The molecule has 1 aliphatic rings. The first-order chi connectivity index (χ1) is 5.68. The van der Waals surface area contributed by atoms with Crippen LogP contribution in [0, 0.1) is 12.7 Å². The van der Waals surface area contributed by atoms with E-state index in [-0.39, 0.29) is 11.9 Å². The highest BCUT2D eigenvalue weighted by Crippen LogP contribution is 2.40. The molecule has 1 aromatic rings. The molecule has 1 nitrogen and oxygen atoms in total. The smallest absolute Gasteiger partial charge is 0.123 e. The molecule has 1 fully saturated rings. The summed E-state index contributed by atoms with van der Waals surface area (Å²) < 4.78 is 12.8. The van der Waals surface area contributed by atoms with Crippen LogP contribution in [0.25, 0.3) is 0 Å². The minimum Gasteiger partial charge on any atom is -0.327 e. The topological polar surface area (TPSA) is 26.0 Å². The van der Waals surface area contributed by atoms with Crippen LogP contribution >= 0.6 is 0 Å². The third-order valence-electron chi connectivity index (χ3n) is 2.48. The standard InChI is InChI=1S/C10H12FN/c1-6-2-3-7(11)4-8(6)9-5-10(9)12/h2-4,9-10H,5,12H2,1H3/t9-,10+/m0/s1. The second-order valence-corrected chi connectivity index (χ2v) is 3.51. The van der Waals surface area contributed by atoms with E-state index in [0.29, 0.717) is 5.92 Å². The minimum atomic E-state index is -0.158. The van der Waals surface area contributed by atoms with Crippen LogP contribution < -0.4 is 5.73 Å². The van der Waals surface area contributed by atoms with E-state index < -0.39 is 0 Å². The fraction of sp³-hybridized carbons (Fsp3) is 0.400. The van der Waals surface area contributed by atoms with Crippen molar-refractivity contribution >= 4 is 0 Å². The van der Waals surface area contributed by atoms with Gasteiger partial charge in [0.05, 0.1) is 0 Å². The Kier molecular flexibility index (Phi) is 1.65. The Morgan fingerprint density at radius 1 is 1.50 bits per heavy atom. The van der Waals surface area contributed by atoms with Gasteiger partial charge in [-0.3, -0.25) is 0 Å². The molecule has 2 rings (SSSR count). The lowest BCUT2D eigenvalue weighted by atomic mass is 10.0. The van der Waals surface area contributed by atoms with Crippen LogP contribution in [0.15, 0.2) is 18.2 Å². The molecule has 0 unspecified atom stereocenters. The number of hydrogen-bond donors (Lipinski definition) is 1. The van der Waals surface area contributed by atoms with Crippen molar-refractivity contribution in [1.29, 1.82) is 0 Å².